The first kappa shape index (κ1) is 21.3. The number of halogens is 1. The number of amides is 1. The van der Waals surface area contributed by atoms with Crippen LogP contribution in [0.25, 0.3) is 0 Å². The number of nitrogens with one attached hydrogen (secondary N) is 2. The van der Waals surface area contributed by atoms with Crippen LogP contribution in [0.4, 0.5) is 4.79 Å². The smallest absolute Gasteiger partial charge is 0.407 e. The van der Waals surface area contributed by atoms with E-state index in [4.69, 9.17) is 10.5 Å². The highest BCUT2D eigenvalue weighted by atomic mass is 127. The molecule has 1 fully saturated rings. The van der Waals surface area contributed by atoms with E-state index in [9.17, 15) is 4.79 Å². The summed E-state index contributed by atoms with van der Waals surface area (Å²) < 4.78 is 4.91. The first-order valence-corrected chi connectivity index (χ1v) is 8.14. The topological polar surface area (TPSA) is 88.7 Å². The van der Waals surface area contributed by atoms with Gasteiger partial charge in [-0.3, -0.25) is 4.99 Å². The van der Waals surface area contributed by atoms with E-state index in [1.54, 1.807) is 6.92 Å². The number of aliphatic imine (C=N–C) groups is 1. The minimum Gasteiger partial charge on any atom is -0.450 e. The molecule has 1 rings (SSSR count). The van der Waals surface area contributed by atoms with Crippen LogP contribution in [0.2, 0.25) is 0 Å². The highest BCUT2D eigenvalue weighted by Gasteiger charge is 2.32. The minimum absolute atomic E-state index is 0. The Labute approximate surface area is 151 Å². The van der Waals surface area contributed by atoms with Crippen molar-refractivity contribution in [3.05, 3.63) is 0 Å². The first-order chi connectivity index (χ1) is 10.2. The highest BCUT2D eigenvalue weighted by Crippen LogP contribution is 2.32. The fraction of sp³-hybridized carbons (Fsp3) is 0.867. The Balaban J connectivity index is 0.00000441. The van der Waals surface area contributed by atoms with Gasteiger partial charge in [-0.1, -0.05) is 26.2 Å². The molecular weight excluding hydrogens is 395 g/mol. The molecule has 0 bridgehead atoms. The van der Waals surface area contributed by atoms with E-state index < -0.39 is 0 Å². The molecule has 1 aliphatic carbocycles. The third-order valence-corrected chi connectivity index (χ3v) is 3.56. The van der Waals surface area contributed by atoms with Gasteiger partial charge in [-0.2, -0.15) is 0 Å². The molecule has 1 amide bonds. The van der Waals surface area contributed by atoms with Gasteiger partial charge in [0.25, 0.3) is 0 Å². The van der Waals surface area contributed by atoms with Crippen LogP contribution in [0.15, 0.2) is 4.99 Å². The van der Waals surface area contributed by atoms with Crippen molar-refractivity contribution >= 4 is 36.0 Å². The zero-order chi connectivity index (χ0) is 15.5. The summed E-state index contributed by atoms with van der Waals surface area (Å²) in [6, 6.07) is 0.0319. The SMILES string of the molecule is CCCCCCNC(N)=NCC(NC(=O)OCC)C1CC1.I. The number of hydrogen-bond acceptors (Lipinski definition) is 3. The Morgan fingerprint density at radius 2 is 2.05 bits per heavy atom. The van der Waals surface area contributed by atoms with E-state index >= 15 is 0 Å². The average Bonchev–Trinajstić information content (AvgIpc) is 3.28. The lowest BCUT2D eigenvalue weighted by Gasteiger charge is -2.16. The van der Waals surface area contributed by atoms with Crippen LogP contribution in [-0.2, 0) is 4.74 Å². The lowest BCUT2D eigenvalue weighted by atomic mass is 10.2. The van der Waals surface area contributed by atoms with Gasteiger partial charge in [0.05, 0.1) is 19.2 Å². The molecule has 1 unspecified atom stereocenters. The Hall–Kier alpha value is -0.730. The fourth-order valence-corrected chi connectivity index (χ4v) is 2.16. The number of ether oxygens (including phenoxy) is 1. The predicted molar refractivity (Wildman–Crippen MR) is 101 cm³/mol. The van der Waals surface area contributed by atoms with Crippen LogP contribution in [0.3, 0.4) is 0 Å². The van der Waals surface area contributed by atoms with Crippen LogP contribution in [0.1, 0.15) is 52.4 Å². The van der Waals surface area contributed by atoms with Crippen molar-refractivity contribution in [1.29, 1.82) is 0 Å². The molecule has 0 aromatic carbocycles. The second kappa shape index (κ2) is 12.8. The van der Waals surface area contributed by atoms with Gasteiger partial charge in [-0.05, 0) is 32.1 Å². The van der Waals surface area contributed by atoms with Crippen LogP contribution in [0.5, 0.6) is 0 Å². The number of unbranched alkanes of at least 4 members (excludes halogenated alkanes) is 3. The van der Waals surface area contributed by atoms with E-state index in [-0.39, 0.29) is 36.1 Å². The maximum absolute atomic E-state index is 11.5. The maximum Gasteiger partial charge on any atom is 0.407 e. The highest BCUT2D eigenvalue weighted by molar-refractivity contribution is 14.0. The van der Waals surface area contributed by atoms with Crippen LogP contribution >= 0.6 is 24.0 Å². The van der Waals surface area contributed by atoms with Crippen molar-refractivity contribution in [2.24, 2.45) is 16.6 Å². The summed E-state index contributed by atoms with van der Waals surface area (Å²) in [4.78, 5) is 15.8. The molecule has 130 valence electrons. The molecule has 0 aliphatic heterocycles. The second-order valence-electron chi connectivity index (χ2n) is 5.52. The summed E-state index contributed by atoms with van der Waals surface area (Å²) in [5, 5.41) is 5.99. The van der Waals surface area contributed by atoms with Gasteiger partial charge in [0.2, 0.25) is 0 Å². The molecule has 1 saturated carbocycles. The molecule has 0 saturated heterocycles. The number of rotatable bonds is 10. The normalized spacial score (nSPS) is 15.6. The van der Waals surface area contributed by atoms with Crippen molar-refractivity contribution < 1.29 is 9.53 Å². The molecular formula is C15H31IN4O2. The fourth-order valence-electron chi connectivity index (χ4n) is 2.16. The van der Waals surface area contributed by atoms with Gasteiger partial charge in [-0.15, -0.1) is 24.0 Å². The van der Waals surface area contributed by atoms with Crippen molar-refractivity contribution in [2.75, 3.05) is 19.7 Å². The lowest BCUT2D eigenvalue weighted by molar-refractivity contribution is 0.147. The van der Waals surface area contributed by atoms with Gasteiger partial charge in [-0.25, -0.2) is 4.79 Å². The van der Waals surface area contributed by atoms with Gasteiger partial charge in [0, 0.05) is 6.54 Å². The first-order valence-electron chi connectivity index (χ1n) is 8.14. The number of alkyl carbamates (subject to hydrolysis) is 1. The quantitative estimate of drug-likeness (QED) is 0.217. The van der Waals surface area contributed by atoms with E-state index in [1.807, 2.05) is 0 Å². The summed E-state index contributed by atoms with van der Waals surface area (Å²) >= 11 is 0. The molecule has 0 radical (unpaired) electrons. The summed E-state index contributed by atoms with van der Waals surface area (Å²) in [6.45, 7) is 5.74. The average molecular weight is 426 g/mol. The third kappa shape index (κ3) is 10.1. The van der Waals surface area contributed by atoms with Gasteiger partial charge >= 0.3 is 6.09 Å². The standard InChI is InChI=1S/C15H30N4O2.HI/c1-3-5-6-7-10-17-14(16)18-11-13(12-8-9-12)19-15(20)21-4-2;/h12-13H,3-11H2,1-2H3,(H,19,20)(H3,16,17,18);1H. The molecule has 0 heterocycles. The number of carbonyl (C=O) groups excluding carboxylic acids is 1. The van der Waals surface area contributed by atoms with Gasteiger partial charge in [0.1, 0.15) is 0 Å². The molecule has 7 heteroatoms. The molecule has 4 N–H and O–H groups in total. The molecule has 0 aromatic heterocycles. The van der Waals surface area contributed by atoms with E-state index in [0.29, 0.717) is 25.0 Å². The Morgan fingerprint density at radius 1 is 1.32 bits per heavy atom. The summed E-state index contributed by atoms with van der Waals surface area (Å²) in [6.07, 6.45) is 6.71. The van der Waals surface area contributed by atoms with Crippen LogP contribution < -0.4 is 16.4 Å². The number of hydrogen-bond donors (Lipinski definition) is 3. The molecule has 22 heavy (non-hydrogen) atoms. The number of nitrogens with zero attached hydrogens (tertiary/aromatic N) is 1. The van der Waals surface area contributed by atoms with Gasteiger partial charge < -0.3 is 21.1 Å². The van der Waals surface area contributed by atoms with Gasteiger partial charge in [0.15, 0.2) is 5.96 Å². The monoisotopic (exact) mass is 426 g/mol. The maximum atomic E-state index is 11.5. The van der Waals surface area contributed by atoms with Crippen molar-refractivity contribution in [3.8, 4) is 0 Å². The Bertz CT molecular complexity index is 336. The lowest BCUT2D eigenvalue weighted by Crippen LogP contribution is -2.40. The largest absolute Gasteiger partial charge is 0.450 e. The molecule has 0 aromatic rings. The van der Waals surface area contributed by atoms with Crippen LogP contribution in [-0.4, -0.2) is 37.8 Å². The van der Waals surface area contributed by atoms with E-state index in [2.05, 4.69) is 22.5 Å². The predicted octanol–water partition coefficient (Wildman–Crippen LogP) is 2.61. The molecule has 1 aliphatic rings. The molecule has 1 atom stereocenters. The van der Waals surface area contributed by atoms with E-state index in [1.165, 1.54) is 19.3 Å². The molecule has 6 nitrogen and oxygen atoms in total. The third-order valence-electron chi connectivity index (χ3n) is 3.56. The summed E-state index contributed by atoms with van der Waals surface area (Å²) in [7, 11) is 0. The van der Waals surface area contributed by atoms with Crippen LogP contribution in [0, 0.1) is 5.92 Å². The zero-order valence-corrected chi connectivity index (χ0v) is 16.1. The van der Waals surface area contributed by atoms with Crippen molar-refractivity contribution in [1.82, 2.24) is 10.6 Å². The zero-order valence-electron chi connectivity index (χ0n) is 13.8. The number of carbonyl (C=O) groups is 1. The summed E-state index contributed by atoms with van der Waals surface area (Å²) in [5.41, 5.74) is 5.84. The Morgan fingerprint density at radius 3 is 2.64 bits per heavy atom. The number of nitrogens with two attached hydrogens (primary N) is 1. The van der Waals surface area contributed by atoms with E-state index in [0.717, 1.165) is 25.8 Å². The van der Waals surface area contributed by atoms with Crippen molar-refractivity contribution in [2.45, 2.75) is 58.4 Å². The second-order valence-corrected chi connectivity index (χ2v) is 5.52. The summed E-state index contributed by atoms with van der Waals surface area (Å²) in [5.74, 6) is 0.971. The molecule has 0 spiro atoms. The minimum atomic E-state index is -0.365. The van der Waals surface area contributed by atoms with Crippen molar-refractivity contribution in [3.63, 3.8) is 0 Å². The number of guanidine groups is 1. The Kier molecular flexibility index (Phi) is 12.4.